The van der Waals surface area contributed by atoms with Gasteiger partial charge < -0.3 is 14.7 Å². The molecule has 26 heavy (non-hydrogen) atoms. The van der Waals surface area contributed by atoms with Crippen LogP contribution in [0.2, 0.25) is 0 Å². The molecular formula is C21H28N4O. The number of rotatable bonds is 5. The third kappa shape index (κ3) is 3.98. The number of anilines is 2. The van der Waals surface area contributed by atoms with Gasteiger partial charge in [-0.3, -0.25) is 4.79 Å². The summed E-state index contributed by atoms with van der Waals surface area (Å²) in [7, 11) is 0. The number of pyridine rings is 1. The van der Waals surface area contributed by atoms with Gasteiger partial charge in [-0.2, -0.15) is 0 Å². The maximum Gasteiger partial charge on any atom is 0.254 e. The summed E-state index contributed by atoms with van der Waals surface area (Å²) < 4.78 is 0. The summed E-state index contributed by atoms with van der Waals surface area (Å²) in [5.41, 5.74) is 3.23. The van der Waals surface area contributed by atoms with Crippen LogP contribution in [0, 0.1) is 6.92 Å². The first-order valence-electron chi connectivity index (χ1n) is 9.44. The van der Waals surface area contributed by atoms with Crippen LogP contribution in [0.25, 0.3) is 0 Å². The largest absolute Gasteiger partial charge is 0.368 e. The minimum absolute atomic E-state index is 0.102. The van der Waals surface area contributed by atoms with Gasteiger partial charge in [-0.05, 0) is 50.6 Å². The Kier molecular flexibility index (Phi) is 5.76. The van der Waals surface area contributed by atoms with Gasteiger partial charge in [0.15, 0.2) is 0 Å². The molecule has 5 nitrogen and oxygen atoms in total. The molecule has 0 atom stereocenters. The molecule has 1 amide bonds. The SMILES string of the molecule is CCN(CC)c1cc(C(=O)N2CCN(c3cccc(C)c3)CC2)ccn1. The van der Waals surface area contributed by atoms with Crippen LogP contribution in [0.5, 0.6) is 0 Å². The van der Waals surface area contributed by atoms with Crippen molar-refractivity contribution in [2.45, 2.75) is 20.8 Å². The molecule has 5 heteroatoms. The van der Waals surface area contributed by atoms with Crippen molar-refractivity contribution in [2.24, 2.45) is 0 Å². The standard InChI is InChI=1S/C21H28N4O/c1-4-23(5-2)20-16-18(9-10-22-20)21(26)25-13-11-24(12-14-25)19-8-6-7-17(3)15-19/h6-10,15-16H,4-5,11-14H2,1-3H3. The van der Waals surface area contributed by atoms with E-state index in [-0.39, 0.29) is 5.91 Å². The van der Waals surface area contributed by atoms with Gasteiger partial charge in [0.2, 0.25) is 0 Å². The van der Waals surface area contributed by atoms with Gasteiger partial charge in [-0.25, -0.2) is 4.98 Å². The van der Waals surface area contributed by atoms with Crippen molar-refractivity contribution in [3.8, 4) is 0 Å². The molecule has 2 aromatic rings. The lowest BCUT2D eigenvalue weighted by molar-refractivity contribution is 0.0746. The molecule has 0 aliphatic carbocycles. The van der Waals surface area contributed by atoms with Crippen molar-refractivity contribution in [1.82, 2.24) is 9.88 Å². The van der Waals surface area contributed by atoms with E-state index in [0.717, 1.165) is 50.6 Å². The van der Waals surface area contributed by atoms with E-state index in [1.807, 2.05) is 17.0 Å². The lowest BCUT2D eigenvalue weighted by atomic mass is 10.1. The molecule has 2 heterocycles. The Balaban J connectivity index is 1.66. The number of hydrogen-bond acceptors (Lipinski definition) is 4. The molecule has 0 N–H and O–H groups in total. The van der Waals surface area contributed by atoms with E-state index >= 15 is 0 Å². The second-order valence-corrected chi connectivity index (χ2v) is 6.69. The average Bonchev–Trinajstić information content (AvgIpc) is 2.69. The van der Waals surface area contributed by atoms with E-state index in [0.29, 0.717) is 0 Å². The van der Waals surface area contributed by atoms with Crippen molar-refractivity contribution >= 4 is 17.4 Å². The van der Waals surface area contributed by atoms with Crippen molar-refractivity contribution in [3.05, 3.63) is 53.7 Å². The molecule has 0 saturated carbocycles. The van der Waals surface area contributed by atoms with Crippen molar-refractivity contribution in [2.75, 3.05) is 49.1 Å². The molecule has 0 bridgehead atoms. The predicted molar refractivity (Wildman–Crippen MR) is 107 cm³/mol. The Morgan fingerprint density at radius 1 is 1.08 bits per heavy atom. The number of carbonyl (C=O) groups excluding carboxylic acids is 1. The number of aryl methyl sites for hydroxylation is 1. The normalized spacial score (nSPS) is 14.4. The van der Waals surface area contributed by atoms with Gasteiger partial charge >= 0.3 is 0 Å². The average molecular weight is 352 g/mol. The lowest BCUT2D eigenvalue weighted by Gasteiger charge is -2.36. The van der Waals surface area contributed by atoms with Crippen LogP contribution in [0.3, 0.4) is 0 Å². The lowest BCUT2D eigenvalue weighted by Crippen LogP contribution is -2.48. The number of amides is 1. The maximum atomic E-state index is 12.9. The van der Waals surface area contributed by atoms with Crippen molar-refractivity contribution in [1.29, 1.82) is 0 Å². The summed E-state index contributed by atoms with van der Waals surface area (Å²) >= 11 is 0. The fourth-order valence-electron chi connectivity index (χ4n) is 3.45. The Labute approximate surface area is 156 Å². The number of benzene rings is 1. The fraction of sp³-hybridized carbons (Fsp3) is 0.429. The zero-order chi connectivity index (χ0) is 18.5. The molecular weight excluding hydrogens is 324 g/mol. The number of nitrogens with zero attached hydrogens (tertiary/aromatic N) is 4. The van der Waals surface area contributed by atoms with E-state index in [4.69, 9.17) is 0 Å². The van der Waals surface area contributed by atoms with Crippen LogP contribution in [0.1, 0.15) is 29.8 Å². The highest BCUT2D eigenvalue weighted by molar-refractivity contribution is 5.95. The molecule has 1 aliphatic rings. The first kappa shape index (κ1) is 18.2. The molecule has 1 fully saturated rings. The third-order valence-electron chi connectivity index (χ3n) is 5.01. The summed E-state index contributed by atoms with van der Waals surface area (Å²) in [6.45, 7) is 11.3. The van der Waals surface area contributed by atoms with Gasteiger partial charge in [-0.1, -0.05) is 12.1 Å². The van der Waals surface area contributed by atoms with E-state index in [9.17, 15) is 4.79 Å². The second-order valence-electron chi connectivity index (χ2n) is 6.69. The van der Waals surface area contributed by atoms with Crippen LogP contribution in [-0.4, -0.2) is 55.1 Å². The molecule has 1 aromatic carbocycles. The highest BCUT2D eigenvalue weighted by Gasteiger charge is 2.23. The Morgan fingerprint density at radius 3 is 2.46 bits per heavy atom. The molecule has 0 spiro atoms. The maximum absolute atomic E-state index is 12.9. The third-order valence-corrected chi connectivity index (χ3v) is 5.01. The summed E-state index contributed by atoms with van der Waals surface area (Å²) in [6, 6.07) is 12.3. The van der Waals surface area contributed by atoms with Crippen LogP contribution < -0.4 is 9.80 Å². The smallest absolute Gasteiger partial charge is 0.254 e. The van der Waals surface area contributed by atoms with Gasteiger partial charge in [0, 0.05) is 56.7 Å². The van der Waals surface area contributed by atoms with E-state index < -0.39 is 0 Å². The molecule has 1 aliphatic heterocycles. The van der Waals surface area contributed by atoms with Crippen LogP contribution >= 0.6 is 0 Å². The topological polar surface area (TPSA) is 39.7 Å². The predicted octanol–water partition coefficient (Wildman–Crippen LogP) is 3.20. The summed E-state index contributed by atoms with van der Waals surface area (Å²) in [5, 5.41) is 0. The van der Waals surface area contributed by atoms with Crippen LogP contribution in [-0.2, 0) is 0 Å². The Bertz CT molecular complexity index is 749. The second kappa shape index (κ2) is 8.21. The monoisotopic (exact) mass is 352 g/mol. The van der Waals surface area contributed by atoms with Crippen LogP contribution in [0.15, 0.2) is 42.6 Å². The Morgan fingerprint density at radius 2 is 1.81 bits per heavy atom. The molecule has 3 rings (SSSR count). The molecule has 138 valence electrons. The van der Waals surface area contributed by atoms with Crippen molar-refractivity contribution in [3.63, 3.8) is 0 Å². The Hall–Kier alpha value is -2.56. The molecule has 0 radical (unpaired) electrons. The molecule has 1 aromatic heterocycles. The van der Waals surface area contributed by atoms with E-state index in [1.54, 1.807) is 6.20 Å². The highest BCUT2D eigenvalue weighted by atomic mass is 16.2. The first-order chi connectivity index (χ1) is 12.6. The van der Waals surface area contributed by atoms with Crippen molar-refractivity contribution < 1.29 is 4.79 Å². The summed E-state index contributed by atoms with van der Waals surface area (Å²) in [4.78, 5) is 23.8. The summed E-state index contributed by atoms with van der Waals surface area (Å²) in [5.74, 6) is 0.976. The zero-order valence-corrected chi connectivity index (χ0v) is 16.0. The van der Waals surface area contributed by atoms with Gasteiger partial charge in [0.05, 0.1) is 0 Å². The van der Waals surface area contributed by atoms with Gasteiger partial charge in [-0.15, -0.1) is 0 Å². The molecule has 0 unspecified atom stereocenters. The van der Waals surface area contributed by atoms with E-state index in [2.05, 4.69) is 59.8 Å². The summed E-state index contributed by atoms with van der Waals surface area (Å²) in [6.07, 6.45) is 1.74. The fourth-order valence-corrected chi connectivity index (χ4v) is 3.45. The van der Waals surface area contributed by atoms with Crippen LogP contribution in [0.4, 0.5) is 11.5 Å². The van der Waals surface area contributed by atoms with Gasteiger partial charge in [0.25, 0.3) is 5.91 Å². The van der Waals surface area contributed by atoms with E-state index in [1.165, 1.54) is 11.3 Å². The number of carbonyl (C=O) groups is 1. The number of piperazine rings is 1. The first-order valence-corrected chi connectivity index (χ1v) is 9.44. The zero-order valence-electron chi connectivity index (χ0n) is 16.0. The van der Waals surface area contributed by atoms with Gasteiger partial charge in [0.1, 0.15) is 5.82 Å². The molecule has 1 saturated heterocycles. The quantitative estimate of drug-likeness (QED) is 0.828. The minimum Gasteiger partial charge on any atom is -0.368 e. The minimum atomic E-state index is 0.102. The number of hydrogen-bond donors (Lipinski definition) is 0. The highest BCUT2D eigenvalue weighted by Crippen LogP contribution is 2.19. The number of aromatic nitrogens is 1.